The Hall–Kier alpha value is -2.52. The summed E-state index contributed by atoms with van der Waals surface area (Å²) in [5, 5.41) is 0. The van der Waals surface area contributed by atoms with Crippen molar-refractivity contribution in [3.8, 4) is 5.75 Å². The van der Waals surface area contributed by atoms with Crippen LogP contribution < -0.4 is 9.64 Å². The third-order valence-electron chi connectivity index (χ3n) is 7.26. The number of aromatic nitrogens is 2. The summed E-state index contributed by atoms with van der Waals surface area (Å²) in [6, 6.07) is 8.33. The molecule has 1 aromatic carbocycles. The zero-order valence-electron chi connectivity index (χ0n) is 20.2. The van der Waals surface area contributed by atoms with Crippen molar-refractivity contribution in [1.82, 2.24) is 14.9 Å². The Morgan fingerprint density at radius 1 is 1.15 bits per heavy atom. The standard InChI is InChI=1S/C25H33N5O3S/c1-18-4-5-20(33-25(2)7-8-25)14-21(18)24(26-3)22-15-23(28-17-27-22)30-11-9-29(10-12-30)19-6-13-34(31,32)16-19/h4-5,14-15,17,19H,6-13,16H2,1-3H3. The minimum atomic E-state index is -2.87. The van der Waals surface area contributed by atoms with Gasteiger partial charge < -0.3 is 9.64 Å². The number of hydrogen-bond donors (Lipinski definition) is 0. The van der Waals surface area contributed by atoms with Crippen molar-refractivity contribution in [2.24, 2.45) is 4.99 Å². The molecule has 0 radical (unpaired) electrons. The molecule has 9 heteroatoms. The molecular weight excluding hydrogens is 450 g/mol. The van der Waals surface area contributed by atoms with Crippen LogP contribution in [0.3, 0.4) is 0 Å². The van der Waals surface area contributed by atoms with Crippen LogP contribution in [0, 0.1) is 6.92 Å². The molecule has 1 unspecified atom stereocenters. The molecule has 3 aliphatic rings. The molecule has 0 spiro atoms. The average molecular weight is 484 g/mol. The number of aryl methyl sites for hydroxylation is 1. The Kier molecular flexibility index (Phi) is 6.10. The Balaban J connectivity index is 1.31. The van der Waals surface area contributed by atoms with Gasteiger partial charge in [0.1, 0.15) is 23.5 Å². The highest BCUT2D eigenvalue weighted by atomic mass is 32.2. The van der Waals surface area contributed by atoms with Gasteiger partial charge in [-0.1, -0.05) is 6.07 Å². The number of ether oxygens (including phenoxy) is 1. The topological polar surface area (TPSA) is 88.0 Å². The van der Waals surface area contributed by atoms with E-state index in [1.807, 2.05) is 12.1 Å². The summed E-state index contributed by atoms with van der Waals surface area (Å²) in [7, 11) is -1.07. The first-order chi connectivity index (χ1) is 16.3. The van der Waals surface area contributed by atoms with Crippen molar-refractivity contribution < 1.29 is 13.2 Å². The van der Waals surface area contributed by atoms with Gasteiger partial charge in [-0.15, -0.1) is 0 Å². The van der Waals surface area contributed by atoms with Gasteiger partial charge in [0.15, 0.2) is 9.84 Å². The van der Waals surface area contributed by atoms with E-state index in [-0.39, 0.29) is 11.6 Å². The van der Waals surface area contributed by atoms with E-state index < -0.39 is 9.84 Å². The maximum absolute atomic E-state index is 11.9. The molecule has 1 saturated carbocycles. The highest BCUT2D eigenvalue weighted by Gasteiger charge is 2.40. The van der Waals surface area contributed by atoms with Crippen LogP contribution in [0.1, 0.15) is 43.0 Å². The molecule has 1 atom stereocenters. The lowest BCUT2D eigenvalue weighted by molar-refractivity contribution is 0.200. The highest BCUT2D eigenvalue weighted by Crippen LogP contribution is 2.40. The van der Waals surface area contributed by atoms with Gasteiger partial charge in [-0.2, -0.15) is 0 Å². The van der Waals surface area contributed by atoms with Gasteiger partial charge in [-0.25, -0.2) is 18.4 Å². The summed E-state index contributed by atoms with van der Waals surface area (Å²) in [5.74, 6) is 2.35. The van der Waals surface area contributed by atoms with Crippen LogP contribution in [0.2, 0.25) is 0 Å². The smallest absolute Gasteiger partial charge is 0.151 e. The van der Waals surface area contributed by atoms with Crippen LogP contribution in [-0.4, -0.2) is 85.4 Å². The van der Waals surface area contributed by atoms with E-state index in [4.69, 9.17) is 4.74 Å². The minimum absolute atomic E-state index is 0.0387. The molecule has 2 aliphatic heterocycles. The maximum Gasteiger partial charge on any atom is 0.151 e. The number of aliphatic imine (C=N–C) groups is 1. The van der Waals surface area contributed by atoms with Crippen molar-refractivity contribution >= 4 is 21.4 Å². The van der Waals surface area contributed by atoms with E-state index >= 15 is 0 Å². The molecule has 1 aromatic heterocycles. The summed E-state index contributed by atoms with van der Waals surface area (Å²) >= 11 is 0. The van der Waals surface area contributed by atoms with Crippen molar-refractivity contribution in [3.63, 3.8) is 0 Å². The number of rotatable bonds is 6. The first-order valence-electron chi connectivity index (χ1n) is 12.0. The Morgan fingerprint density at radius 2 is 1.91 bits per heavy atom. The van der Waals surface area contributed by atoms with Gasteiger partial charge in [-0.05, 0) is 50.8 Å². The molecule has 34 heavy (non-hydrogen) atoms. The third-order valence-corrected chi connectivity index (χ3v) is 9.01. The van der Waals surface area contributed by atoms with E-state index in [1.54, 1.807) is 13.4 Å². The fraction of sp³-hybridized carbons (Fsp3) is 0.560. The Bertz CT molecular complexity index is 1200. The summed E-state index contributed by atoms with van der Waals surface area (Å²) in [6.45, 7) is 7.52. The highest BCUT2D eigenvalue weighted by molar-refractivity contribution is 7.91. The zero-order valence-corrected chi connectivity index (χ0v) is 21.0. The molecular formula is C25H33N5O3S. The Labute approximate surface area is 202 Å². The lowest BCUT2D eigenvalue weighted by atomic mass is 10.0. The van der Waals surface area contributed by atoms with Crippen LogP contribution in [0.4, 0.5) is 5.82 Å². The fourth-order valence-corrected chi connectivity index (χ4v) is 6.65. The van der Waals surface area contributed by atoms with Crippen molar-refractivity contribution in [2.75, 3.05) is 49.6 Å². The molecule has 0 bridgehead atoms. The number of hydrogen-bond acceptors (Lipinski definition) is 8. The number of piperazine rings is 1. The minimum Gasteiger partial charge on any atom is -0.488 e. The molecule has 0 N–H and O–H groups in total. The van der Waals surface area contributed by atoms with Gasteiger partial charge in [0.2, 0.25) is 0 Å². The second-order valence-electron chi connectivity index (χ2n) is 9.94. The van der Waals surface area contributed by atoms with Crippen molar-refractivity contribution in [3.05, 3.63) is 47.4 Å². The van der Waals surface area contributed by atoms with E-state index in [1.165, 1.54) is 0 Å². The average Bonchev–Trinajstić information content (AvgIpc) is 3.44. The lowest BCUT2D eigenvalue weighted by Crippen LogP contribution is -2.51. The number of nitrogens with zero attached hydrogens (tertiary/aromatic N) is 5. The molecule has 182 valence electrons. The van der Waals surface area contributed by atoms with Gasteiger partial charge in [0.05, 0.1) is 22.9 Å². The molecule has 1 aliphatic carbocycles. The summed E-state index contributed by atoms with van der Waals surface area (Å²) < 4.78 is 29.9. The number of anilines is 1. The zero-order chi connectivity index (χ0) is 23.9. The molecule has 2 aromatic rings. The second kappa shape index (κ2) is 8.92. The van der Waals surface area contributed by atoms with E-state index in [9.17, 15) is 8.42 Å². The van der Waals surface area contributed by atoms with Gasteiger partial charge in [0, 0.05) is 50.9 Å². The van der Waals surface area contributed by atoms with Crippen LogP contribution in [-0.2, 0) is 9.84 Å². The van der Waals surface area contributed by atoms with E-state index in [0.717, 1.165) is 79.5 Å². The first kappa shape index (κ1) is 23.2. The molecule has 2 saturated heterocycles. The molecule has 5 rings (SSSR count). The summed E-state index contributed by atoms with van der Waals surface area (Å²) in [6.07, 6.45) is 4.53. The largest absolute Gasteiger partial charge is 0.488 e. The normalized spacial score (nSPS) is 24.3. The van der Waals surface area contributed by atoms with Crippen molar-refractivity contribution in [2.45, 2.75) is 44.8 Å². The molecule has 3 heterocycles. The lowest BCUT2D eigenvalue weighted by Gasteiger charge is -2.38. The van der Waals surface area contributed by atoms with Gasteiger partial charge in [0.25, 0.3) is 0 Å². The Morgan fingerprint density at radius 3 is 2.56 bits per heavy atom. The first-order valence-corrected chi connectivity index (χ1v) is 13.9. The quantitative estimate of drug-likeness (QED) is 0.584. The third kappa shape index (κ3) is 4.95. The van der Waals surface area contributed by atoms with Gasteiger partial charge in [-0.3, -0.25) is 9.89 Å². The molecule has 0 amide bonds. The van der Waals surface area contributed by atoms with E-state index in [2.05, 4.69) is 50.7 Å². The number of sulfone groups is 1. The van der Waals surface area contributed by atoms with Crippen LogP contribution in [0.5, 0.6) is 5.75 Å². The van der Waals surface area contributed by atoms with Crippen molar-refractivity contribution in [1.29, 1.82) is 0 Å². The van der Waals surface area contributed by atoms with Crippen LogP contribution in [0.15, 0.2) is 35.6 Å². The predicted octanol–water partition coefficient (Wildman–Crippen LogP) is 2.49. The fourth-order valence-electron chi connectivity index (χ4n) is 4.88. The van der Waals surface area contributed by atoms with Crippen LogP contribution >= 0.6 is 0 Å². The SMILES string of the molecule is CN=C(c1cc(N2CCN(C3CCS(=O)(=O)C3)CC2)ncn1)c1cc(OC2(C)CC2)ccc1C. The van der Waals surface area contributed by atoms with E-state index in [0.29, 0.717) is 11.5 Å². The maximum atomic E-state index is 11.9. The van der Waals surface area contributed by atoms with Gasteiger partial charge >= 0.3 is 0 Å². The number of benzene rings is 1. The predicted molar refractivity (Wildman–Crippen MR) is 134 cm³/mol. The molecule has 8 nitrogen and oxygen atoms in total. The summed E-state index contributed by atoms with van der Waals surface area (Å²) in [5.41, 5.74) is 3.70. The second-order valence-corrected chi connectivity index (χ2v) is 12.2. The monoisotopic (exact) mass is 483 g/mol. The molecule has 3 fully saturated rings. The van der Waals surface area contributed by atoms with Crippen LogP contribution in [0.25, 0.3) is 0 Å². The summed E-state index contributed by atoms with van der Waals surface area (Å²) in [4.78, 5) is 18.2.